The molecule has 1 aromatic rings. The molecule has 1 N–H and O–H groups in total. The van der Waals surface area contributed by atoms with Crippen molar-refractivity contribution in [1.82, 2.24) is 19.9 Å². The molecule has 2 rings (SSSR count). The molecule has 19 heavy (non-hydrogen) atoms. The van der Waals surface area contributed by atoms with Gasteiger partial charge in [0.2, 0.25) is 0 Å². The van der Waals surface area contributed by atoms with Crippen molar-refractivity contribution in [2.45, 2.75) is 31.7 Å². The van der Waals surface area contributed by atoms with Crippen LogP contribution in [-0.2, 0) is 11.3 Å². The normalized spacial score (nSPS) is 23.4. The molecule has 2 unspecified atom stereocenters. The Hall–Kier alpha value is -1.57. The van der Waals surface area contributed by atoms with E-state index in [1.807, 2.05) is 18.7 Å². The number of aromatic nitrogens is 3. The number of hydrogen-bond acceptors (Lipinski definition) is 5. The van der Waals surface area contributed by atoms with E-state index in [-0.39, 0.29) is 24.2 Å². The first kappa shape index (κ1) is 13.9. The van der Waals surface area contributed by atoms with E-state index in [0.717, 1.165) is 10.4 Å². The van der Waals surface area contributed by atoms with Crippen LogP contribution < -0.4 is 0 Å². The predicted octanol–water partition coefficient (Wildman–Crippen LogP) is 0.329. The van der Waals surface area contributed by atoms with Gasteiger partial charge in [-0.15, -0.1) is 5.10 Å². The Bertz CT molecular complexity index is 490. The van der Waals surface area contributed by atoms with Gasteiger partial charge in [-0.25, -0.2) is 4.68 Å². The SMILES string of the molecule is CC1SCCN(C(=O)c2cn(CC(=O)O)nn2)C1C. The number of rotatable bonds is 3. The van der Waals surface area contributed by atoms with Crippen LogP contribution in [0.25, 0.3) is 0 Å². The first-order valence-electron chi connectivity index (χ1n) is 6.03. The van der Waals surface area contributed by atoms with Crippen LogP contribution >= 0.6 is 11.8 Å². The summed E-state index contributed by atoms with van der Waals surface area (Å²) in [5.74, 6) is -0.294. The van der Waals surface area contributed by atoms with Crippen molar-refractivity contribution in [2.24, 2.45) is 0 Å². The third-order valence-electron chi connectivity index (χ3n) is 3.20. The Morgan fingerprint density at radius 2 is 2.26 bits per heavy atom. The van der Waals surface area contributed by atoms with E-state index in [9.17, 15) is 9.59 Å². The molecule has 1 fully saturated rings. The van der Waals surface area contributed by atoms with Crippen molar-refractivity contribution in [3.05, 3.63) is 11.9 Å². The van der Waals surface area contributed by atoms with Gasteiger partial charge in [0.15, 0.2) is 5.69 Å². The van der Waals surface area contributed by atoms with E-state index in [1.54, 1.807) is 4.90 Å². The van der Waals surface area contributed by atoms with Gasteiger partial charge in [-0.05, 0) is 6.92 Å². The van der Waals surface area contributed by atoms with Gasteiger partial charge in [-0.1, -0.05) is 12.1 Å². The standard InChI is InChI=1S/C11H16N4O3S/c1-7-8(2)19-4-3-15(7)11(18)9-5-14(13-12-9)6-10(16)17/h5,7-8H,3-4,6H2,1-2H3,(H,16,17). The van der Waals surface area contributed by atoms with Crippen molar-refractivity contribution >= 4 is 23.6 Å². The maximum atomic E-state index is 12.3. The molecule has 0 radical (unpaired) electrons. The summed E-state index contributed by atoms with van der Waals surface area (Å²) in [5, 5.41) is 16.4. The highest BCUT2D eigenvalue weighted by Gasteiger charge is 2.30. The number of nitrogens with zero attached hydrogens (tertiary/aromatic N) is 4. The lowest BCUT2D eigenvalue weighted by Gasteiger charge is -2.36. The molecule has 1 saturated heterocycles. The van der Waals surface area contributed by atoms with Crippen LogP contribution in [0.1, 0.15) is 24.3 Å². The molecule has 7 nitrogen and oxygen atoms in total. The molecule has 2 heterocycles. The molecular formula is C11H16N4O3S. The molecule has 0 bridgehead atoms. The van der Waals surface area contributed by atoms with Gasteiger partial charge in [0.1, 0.15) is 6.54 Å². The van der Waals surface area contributed by atoms with Gasteiger partial charge in [0.05, 0.1) is 6.20 Å². The van der Waals surface area contributed by atoms with E-state index >= 15 is 0 Å². The molecule has 0 aliphatic carbocycles. The van der Waals surface area contributed by atoms with Crippen molar-refractivity contribution in [2.75, 3.05) is 12.3 Å². The van der Waals surface area contributed by atoms with Crippen molar-refractivity contribution in [1.29, 1.82) is 0 Å². The Balaban J connectivity index is 2.10. The number of carbonyl (C=O) groups excluding carboxylic acids is 1. The molecule has 104 valence electrons. The van der Waals surface area contributed by atoms with Gasteiger partial charge >= 0.3 is 5.97 Å². The minimum Gasteiger partial charge on any atom is -0.480 e. The van der Waals surface area contributed by atoms with Gasteiger partial charge in [-0.2, -0.15) is 11.8 Å². The number of carboxylic acids is 1. The second-order valence-corrected chi connectivity index (χ2v) is 6.00. The van der Waals surface area contributed by atoms with E-state index in [0.29, 0.717) is 11.8 Å². The summed E-state index contributed by atoms with van der Waals surface area (Å²) in [5.41, 5.74) is 0.201. The molecule has 0 aromatic carbocycles. The summed E-state index contributed by atoms with van der Waals surface area (Å²) >= 11 is 1.84. The van der Waals surface area contributed by atoms with E-state index in [2.05, 4.69) is 17.2 Å². The summed E-state index contributed by atoms with van der Waals surface area (Å²) in [7, 11) is 0. The van der Waals surface area contributed by atoms with Crippen LogP contribution in [-0.4, -0.2) is 60.5 Å². The second kappa shape index (κ2) is 5.60. The predicted molar refractivity (Wildman–Crippen MR) is 70.1 cm³/mol. The monoisotopic (exact) mass is 284 g/mol. The smallest absolute Gasteiger partial charge is 0.325 e. The number of thioether (sulfide) groups is 1. The Labute approximate surface area is 115 Å². The third-order valence-corrected chi connectivity index (χ3v) is 4.54. The number of amides is 1. The number of hydrogen-bond donors (Lipinski definition) is 1. The molecule has 1 aliphatic heterocycles. The maximum absolute atomic E-state index is 12.3. The zero-order valence-corrected chi connectivity index (χ0v) is 11.6. The number of aliphatic carboxylic acids is 1. The summed E-state index contributed by atoms with van der Waals surface area (Å²) in [6, 6.07) is 0.135. The topological polar surface area (TPSA) is 88.3 Å². The van der Waals surface area contributed by atoms with Gasteiger partial charge in [0.25, 0.3) is 5.91 Å². The first-order valence-corrected chi connectivity index (χ1v) is 7.08. The second-order valence-electron chi connectivity index (χ2n) is 4.51. The van der Waals surface area contributed by atoms with Crippen LogP contribution in [0.3, 0.4) is 0 Å². The lowest BCUT2D eigenvalue weighted by Crippen LogP contribution is -2.48. The van der Waals surface area contributed by atoms with Crippen LogP contribution in [0.2, 0.25) is 0 Å². The fourth-order valence-corrected chi connectivity index (χ4v) is 3.08. The minimum atomic E-state index is -1.01. The van der Waals surface area contributed by atoms with Crippen LogP contribution in [0.4, 0.5) is 0 Å². The summed E-state index contributed by atoms with van der Waals surface area (Å²) in [4.78, 5) is 24.6. The fourth-order valence-electron chi connectivity index (χ4n) is 1.98. The van der Waals surface area contributed by atoms with E-state index in [4.69, 9.17) is 5.11 Å². The van der Waals surface area contributed by atoms with Gasteiger partial charge in [-0.3, -0.25) is 9.59 Å². The molecule has 1 aliphatic rings. The zero-order valence-electron chi connectivity index (χ0n) is 10.8. The molecule has 1 amide bonds. The van der Waals surface area contributed by atoms with Gasteiger partial charge in [0, 0.05) is 23.6 Å². The minimum absolute atomic E-state index is 0.135. The maximum Gasteiger partial charge on any atom is 0.325 e. The van der Waals surface area contributed by atoms with Crippen LogP contribution in [0.15, 0.2) is 6.20 Å². The molecule has 0 spiro atoms. The number of carboxylic acid groups (broad SMARTS) is 1. The molecular weight excluding hydrogens is 268 g/mol. The highest BCUT2D eigenvalue weighted by molar-refractivity contribution is 8.00. The van der Waals surface area contributed by atoms with Crippen LogP contribution in [0.5, 0.6) is 0 Å². The Kier molecular flexibility index (Phi) is 4.08. The lowest BCUT2D eigenvalue weighted by molar-refractivity contribution is -0.137. The molecule has 0 saturated carbocycles. The van der Waals surface area contributed by atoms with Crippen molar-refractivity contribution in [3.63, 3.8) is 0 Å². The average Bonchev–Trinajstić information content (AvgIpc) is 2.79. The quantitative estimate of drug-likeness (QED) is 0.860. The molecule has 1 aromatic heterocycles. The molecule has 2 atom stereocenters. The third kappa shape index (κ3) is 3.06. The van der Waals surface area contributed by atoms with E-state index < -0.39 is 5.97 Å². The van der Waals surface area contributed by atoms with E-state index in [1.165, 1.54) is 6.20 Å². The first-order chi connectivity index (χ1) is 8.99. The van der Waals surface area contributed by atoms with Crippen molar-refractivity contribution < 1.29 is 14.7 Å². The van der Waals surface area contributed by atoms with Crippen molar-refractivity contribution in [3.8, 4) is 0 Å². The van der Waals surface area contributed by atoms with Crippen LogP contribution in [0, 0.1) is 0 Å². The zero-order chi connectivity index (χ0) is 14.0. The summed E-state index contributed by atoms with van der Waals surface area (Å²) in [6.07, 6.45) is 1.38. The highest BCUT2D eigenvalue weighted by Crippen LogP contribution is 2.25. The largest absolute Gasteiger partial charge is 0.480 e. The lowest BCUT2D eigenvalue weighted by atomic mass is 10.2. The number of carbonyl (C=O) groups is 2. The molecule has 8 heteroatoms. The summed E-state index contributed by atoms with van der Waals surface area (Å²) in [6.45, 7) is 4.50. The Morgan fingerprint density at radius 3 is 2.95 bits per heavy atom. The highest BCUT2D eigenvalue weighted by atomic mass is 32.2. The summed E-state index contributed by atoms with van der Waals surface area (Å²) < 4.78 is 1.16. The fraction of sp³-hybridized carbons (Fsp3) is 0.636. The van der Waals surface area contributed by atoms with Gasteiger partial charge < -0.3 is 10.0 Å². The average molecular weight is 284 g/mol. The Morgan fingerprint density at radius 1 is 1.53 bits per heavy atom.